The van der Waals surface area contributed by atoms with Crippen molar-refractivity contribution < 1.29 is 8.76 Å². The summed E-state index contributed by atoms with van der Waals surface area (Å²) in [7, 11) is 0. The van der Waals surface area contributed by atoms with E-state index in [1.807, 2.05) is 6.07 Å². The molecular weight excluding hydrogens is 245 g/mol. The zero-order valence-corrected chi connectivity index (χ0v) is 9.40. The van der Waals surface area contributed by atoms with Gasteiger partial charge in [-0.15, -0.1) is 0 Å². The maximum atomic E-state index is 10.2. The third kappa shape index (κ3) is 3.55. The second kappa shape index (κ2) is 5.09. The van der Waals surface area contributed by atoms with Gasteiger partial charge in [-0.25, -0.2) is 4.72 Å². The molecule has 14 heavy (non-hydrogen) atoms. The molecule has 1 unspecified atom stereocenters. The fourth-order valence-corrected chi connectivity index (χ4v) is 1.81. The van der Waals surface area contributed by atoms with Crippen LogP contribution in [0.3, 0.4) is 0 Å². The van der Waals surface area contributed by atoms with Crippen LogP contribution in [0.25, 0.3) is 0 Å². The lowest BCUT2D eigenvalue weighted by Crippen LogP contribution is -2.30. The van der Waals surface area contributed by atoms with E-state index < -0.39 is 15.6 Å². The van der Waals surface area contributed by atoms with Gasteiger partial charge in [0, 0.05) is 17.8 Å². The van der Waals surface area contributed by atoms with E-state index in [1.54, 1.807) is 24.3 Å². The molecule has 0 bridgehead atoms. The Morgan fingerprint density at radius 2 is 1.93 bits per heavy atom. The molecule has 0 aliphatic rings. The summed E-state index contributed by atoms with van der Waals surface area (Å²) in [6.45, 7) is -0.0593. The van der Waals surface area contributed by atoms with Crippen LogP contribution < -0.4 is 4.72 Å². The average Bonchev–Trinajstić information content (AvgIpc) is 2.16. The SMILES string of the molecule is O=S([O-])NCC(Cl)(Cl)c1ccccc1. The van der Waals surface area contributed by atoms with Crippen molar-refractivity contribution in [1.29, 1.82) is 0 Å². The van der Waals surface area contributed by atoms with Crippen LogP contribution in [-0.2, 0) is 15.6 Å². The first-order valence-corrected chi connectivity index (χ1v) is 5.61. The summed E-state index contributed by atoms with van der Waals surface area (Å²) in [5.41, 5.74) is 0.654. The van der Waals surface area contributed by atoms with Crippen molar-refractivity contribution in [3.05, 3.63) is 35.9 Å². The van der Waals surface area contributed by atoms with Crippen molar-refractivity contribution in [3.63, 3.8) is 0 Å². The van der Waals surface area contributed by atoms with E-state index in [0.29, 0.717) is 5.56 Å². The zero-order chi connectivity index (χ0) is 10.6. The minimum absolute atomic E-state index is 0.0593. The van der Waals surface area contributed by atoms with Gasteiger partial charge in [-0.1, -0.05) is 53.5 Å². The molecule has 3 nitrogen and oxygen atoms in total. The fourth-order valence-electron chi connectivity index (χ4n) is 0.934. The Balaban J connectivity index is 2.70. The van der Waals surface area contributed by atoms with Crippen molar-refractivity contribution in [2.45, 2.75) is 4.33 Å². The quantitative estimate of drug-likeness (QED) is 0.655. The molecule has 78 valence electrons. The molecule has 0 saturated carbocycles. The first-order chi connectivity index (χ1) is 6.52. The summed E-state index contributed by atoms with van der Waals surface area (Å²) in [6, 6.07) is 8.85. The normalized spacial score (nSPS) is 13.9. The minimum atomic E-state index is -2.35. The van der Waals surface area contributed by atoms with Gasteiger partial charge in [0.25, 0.3) is 0 Å². The fraction of sp³-hybridized carbons (Fsp3) is 0.250. The minimum Gasteiger partial charge on any atom is -0.760 e. The molecule has 0 fully saturated rings. The van der Waals surface area contributed by atoms with Crippen LogP contribution in [0.1, 0.15) is 5.56 Å². The number of benzene rings is 1. The standard InChI is InChI=1S/C8H9Cl2NO2S/c9-8(10,6-11-14(12)13)7-4-2-1-3-5-7/h1-5,11H,6H2,(H,12,13)/p-1. The number of hydrogen-bond acceptors (Lipinski definition) is 2. The van der Waals surface area contributed by atoms with Gasteiger partial charge in [0.05, 0.1) is 0 Å². The monoisotopic (exact) mass is 252 g/mol. The van der Waals surface area contributed by atoms with Crippen molar-refractivity contribution >= 4 is 34.5 Å². The van der Waals surface area contributed by atoms with Gasteiger partial charge >= 0.3 is 0 Å². The first kappa shape index (κ1) is 11.9. The van der Waals surface area contributed by atoms with Crippen molar-refractivity contribution in [1.82, 2.24) is 4.72 Å². The third-order valence-corrected chi connectivity index (χ3v) is 2.69. The molecule has 0 aromatic heterocycles. The van der Waals surface area contributed by atoms with Crippen molar-refractivity contribution in [2.75, 3.05) is 6.54 Å². The molecule has 0 spiro atoms. The lowest BCUT2D eigenvalue weighted by atomic mass is 10.1. The summed E-state index contributed by atoms with van der Waals surface area (Å²) >= 11 is 9.52. The molecule has 1 aromatic carbocycles. The number of halogens is 2. The molecule has 1 N–H and O–H groups in total. The Hall–Kier alpha value is -0.130. The van der Waals surface area contributed by atoms with Crippen LogP contribution in [0, 0.1) is 0 Å². The molecule has 0 heterocycles. The van der Waals surface area contributed by atoms with Crippen LogP contribution >= 0.6 is 23.2 Å². The van der Waals surface area contributed by atoms with Gasteiger partial charge in [-0.05, 0) is 5.56 Å². The van der Waals surface area contributed by atoms with Crippen molar-refractivity contribution in [2.24, 2.45) is 0 Å². The van der Waals surface area contributed by atoms with E-state index in [4.69, 9.17) is 23.2 Å². The zero-order valence-electron chi connectivity index (χ0n) is 7.07. The predicted octanol–water partition coefficient (Wildman–Crippen LogP) is 1.70. The Labute approximate surface area is 94.8 Å². The van der Waals surface area contributed by atoms with Gasteiger partial charge in [-0.2, -0.15) is 0 Å². The van der Waals surface area contributed by atoms with Crippen LogP contribution in [-0.4, -0.2) is 15.3 Å². The Kier molecular flexibility index (Phi) is 4.34. The largest absolute Gasteiger partial charge is 0.760 e. The van der Waals surface area contributed by atoms with E-state index in [9.17, 15) is 8.76 Å². The lowest BCUT2D eigenvalue weighted by molar-refractivity contribution is 0.520. The summed E-state index contributed by atoms with van der Waals surface area (Å²) in [4.78, 5) is 0. The number of alkyl halides is 2. The third-order valence-electron chi connectivity index (χ3n) is 1.61. The highest BCUT2D eigenvalue weighted by Crippen LogP contribution is 2.32. The van der Waals surface area contributed by atoms with E-state index in [-0.39, 0.29) is 6.54 Å². The summed E-state index contributed by atoms with van der Waals surface area (Å²) < 4.78 is 21.4. The molecule has 1 atom stereocenters. The van der Waals surface area contributed by atoms with E-state index >= 15 is 0 Å². The number of rotatable bonds is 4. The highest BCUT2D eigenvalue weighted by molar-refractivity contribution is 7.77. The highest BCUT2D eigenvalue weighted by atomic mass is 35.5. The molecule has 6 heteroatoms. The van der Waals surface area contributed by atoms with Crippen molar-refractivity contribution in [3.8, 4) is 0 Å². The molecule has 1 aromatic rings. The second-order valence-corrected chi connectivity index (χ2v) is 4.87. The molecule has 0 aliphatic carbocycles. The second-order valence-electron chi connectivity index (χ2n) is 2.63. The van der Waals surface area contributed by atoms with Crippen LogP contribution in [0.4, 0.5) is 0 Å². The van der Waals surface area contributed by atoms with Crippen LogP contribution in [0.15, 0.2) is 30.3 Å². The maximum Gasteiger partial charge on any atom is 0.156 e. The molecule has 0 aliphatic heterocycles. The van der Waals surface area contributed by atoms with Crippen LogP contribution in [0.2, 0.25) is 0 Å². The van der Waals surface area contributed by atoms with Gasteiger partial charge in [0.15, 0.2) is 4.33 Å². The Morgan fingerprint density at radius 1 is 1.36 bits per heavy atom. The van der Waals surface area contributed by atoms with E-state index in [1.165, 1.54) is 0 Å². The summed E-state index contributed by atoms with van der Waals surface area (Å²) in [5, 5.41) is 0. The highest BCUT2D eigenvalue weighted by Gasteiger charge is 2.25. The van der Waals surface area contributed by atoms with E-state index in [0.717, 1.165) is 0 Å². The van der Waals surface area contributed by atoms with Gasteiger partial charge in [0.1, 0.15) is 0 Å². The summed E-state index contributed by atoms with van der Waals surface area (Å²) in [5.74, 6) is 0. The lowest BCUT2D eigenvalue weighted by Gasteiger charge is -2.21. The predicted molar refractivity (Wildman–Crippen MR) is 56.7 cm³/mol. The van der Waals surface area contributed by atoms with Crippen LogP contribution in [0.5, 0.6) is 0 Å². The molecule has 1 rings (SSSR count). The Morgan fingerprint density at radius 3 is 2.43 bits per heavy atom. The van der Waals surface area contributed by atoms with E-state index in [2.05, 4.69) is 4.72 Å². The van der Waals surface area contributed by atoms with Gasteiger partial charge < -0.3 is 4.55 Å². The number of nitrogens with one attached hydrogen (secondary N) is 1. The maximum absolute atomic E-state index is 10.2. The first-order valence-electron chi connectivity index (χ1n) is 3.78. The van der Waals surface area contributed by atoms with Gasteiger partial charge in [-0.3, -0.25) is 4.21 Å². The summed E-state index contributed by atoms with van der Waals surface area (Å²) in [6.07, 6.45) is 0. The molecular formula is C8H8Cl2NO2S-. The molecule has 0 saturated heterocycles. The topological polar surface area (TPSA) is 52.2 Å². The average molecular weight is 253 g/mol. The Bertz CT molecular complexity index is 318. The van der Waals surface area contributed by atoms with Gasteiger partial charge in [0.2, 0.25) is 0 Å². The molecule has 0 amide bonds. The smallest absolute Gasteiger partial charge is 0.156 e. The molecule has 0 radical (unpaired) electrons. The number of hydrogen-bond donors (Lipinski definition) is 1.